The van der Waals surface area contributed by atoms with Crippen LogP contribution in [0.5, 0.6) is 0 Å². The topological polar surface area (TPSA) is 59.8 Å². The maximum atomic E-state index is 13.1. The van der Waals surface area contributed by atoms with Gasteiger partial charge < -0.3 is 10.1 Å². The van der Waals surface area contributed by atoms with Gasteiger partial charge in [0.25, 0.3) is 0 Å². The molecule has 132 valence electrons. The maximum absolute atomic E-state index is 13.1. The number of hydrogen-bond acceptors (Lipinski definition) is 2. The molecule has 0 amide bonds. The van der Waals surface area contributed by atoms with E-state index in [1.807, 2.05) is 0 Å². The number of aromatic nitrogens is 1. The van der Waals surface area contributed by atoms with Crippen LogP contribution in [0.15, 0.2) is 18.2 Å². The molecule has 3 nitrogen and oxygen atoms in total. The van der Waals surface area contributed by atoms with Gasteiger partial charge in [-0.3, -0.25) is 0 Å². The van der Waals surface area contributed by atoms with Crippen molar-refractivity contribution in [1.82, 2.24) is 4.98 Å². The molecule has 1 aromatic carbocycles. The lowest BCUT2D eigenvalue weighted by Gasteiger charge is -2.37. The molecule has 7 heteroatoms. The normalized spacial score (nSPS) is 16.0. The number of aliphatic hydroxyl groups is 1. The van der Waals surface area contributed by atoms with Gasteiger partial charge in [0.15, 0.2) is 0 Å². The average Bonchev–Trinajstić information content (AvgIpc) is 2.87. The van der Waals surface area contributed by atoms with Crippen LogP contribution in [0.25, 0.3) is 10.9 Å². The van der Waals surface area contributed by atoms with E-state index >= 15 is 0 Å². The second kappa shape index (κ2) is 6.01. The first-order valence-electron chi connectivity index (χ1n) is 7.45. The maximum Gasteiger partial charge on any atom is 0.417 e. The van der Waals surface area contributed by atoms with Crippen molar-refractivity contribution in [1.29, 1.82) is 5.26 Å². The molecule has 1 heterocycles. The number of hydrogen-bond donors (Lipinski definition) is 2. The second-order valence-electron chi connectivity index (χ2n) is 6.75. The van der Waals surface area contributed by atoms with E-state index in [0.29, 0.717) is 16.8 Å². The van der Waals surface area contributed by atoms with Crippen molar-refractivity contribution >= 4 is 20.9 Å². The Morgan fingerprint density at radius 1 is 1.25 bits per heavy atom. The Balaban J connectivity index is 2.54. The Hall–Kier alpha value is -1.65. The van der Waals surface area contributed by atoms with Crippen LogP contribution in [0.3, 0.4) is 0 Å². The lowest BCUT2D eigenvalue weighted by atomic mass is 10.0. The SMILES string of the molecule is CCS(C)(C)CC(C)(O)c1cc2cc(C#N)c(C(F)(F)F)cc2[nH]1. The lowest BCUT2D eigenvalue weighted by molar-refractivity contribution is -0.137. The molecule has 0 spiro atoms. The summed E-state index contributed by atoms with van der Waals surface area (Å²) in [6.07, 6.45) is -0.374. The van der Waals surface area contributed by atoms with E-state index in [2.05, 4.69) is 24.4 Å². The van der Waals surface area contributed by atoms with Crippen LogP contribution in [0.4, 0.5) is 13.2 Å². The van der Waals surface area contributed by atoms with Gasteiger partial charge in [0, 0.05) is 22.3 Å². The van der Waals surface area contributed by atoms with Gasteiger partial charge in [-0.25, -0.2) is 10.0 Å². The van der Waals surface area contributed by atoms with Gasteiger partial charge in [0.1, 0.15) is 5.60 Å². The summed E-state index contributed by atoms with van der Waals surface area (Å²) in [6, 6.07) is 5.37. The number of aromatic amines is 1. The molecule has 1 aromatic heterocycles. The zero-order valence-corrected chi connectivity index (χ0v) is 14.9. The predicted octanol–water partition coefficient (Wildman–Crippen LogP) is 4.35. The Bertz CT molecular complexity index is 800. The molecule has 1 atom stereocenters. The minimum atomic E-state index is -4.60. The van der Waals surface area contributed by atoms with Crippen LogP contribution in [0.1, 0.15) is 30.7 Å². The molecule has 1 unspecified atom stereocenters. The van der Waals surface area contributed by atoms with Crippen LogP contribution < -0.4 is 0 Å². The van der Waals surface area contributed by atoms with Crippen molar-refractivity contribution in [3.05, 3.63) is 35.0 Å². The summed E-state index contributed by atoms with van der Waals surface area (Å²) in [5, 5.41) is 20.3. The van der Waals surface area contributed by atoms with E-state index in [0.717, 1.165) is 11.8 Å². The Labute approximate surface area is 140 Å². The van der Waals surface area contributed by atoms with E-state index < -0.39 is 32.9 Å². The fourth-order valence-electron chi connectivity index (χ4n) is 2.74. The Morgan fingerprint density at radius 3 is 2.38 bits per heavy atom. The fourth-order valence-corrected chi connectivity index (χ4v) is 4.62. The molecule has 2 N–H and O–H groups in total. The van der Waals surface area contributed by atoms with E-state index in [4.69, 9.17) is 5.26 Å². The number of benzene rings is 1. The highest BCUT2D eigenvalue weighted by atomic mass is 32.3. The van der Waals surface area contributed by atoms with Crippen molar-refractivity contribution in [2.45, 2.75) is 25.6 Å². The third-order valence-electron chi connectivity index (χ3n) is 4.22. The zero-order chi connectivity index (χ0) is 18.3. The van der Waals surface area contributed by atoms with Gasteiger partial charge in [-0.05, 0) is 43.4 Å². The molecule has 0 saturated carbocycles. The van der Waals surface area contributed by atoms with Gasteiger partial charge in [0.05, 0.1) is 17.2 Å². The average molecular weight is 358 g/mol. The van der Waals surface area contributed by atoms with Crippen LogP contribution >= 0.6 is 10.0 Å². The summed E-state index contributed by atoms with van der Waals surface area (Å²) in [4.78, 5) is 2.90. The molecular formula is C17H21F3N2OS. The van der Waals surface area contributed by atoms with E-state index in [-0.39, 0.29) is 5.52 Å². The third kappa shape index (κ3) is 3.70. The summed E-state index contributed by atoms with van der Waals surface area (Å²) >= 11 is 0. The van der Waals surface area contributed by atoms with Crippen LogP contribution in [-0.2, 0) is 11.8 Å². The molecule has 0 bridgehead atoms. The lowest BCUT2D eigenvalue weighted by Crippen LogP contribution is -2.30. The standard InChI is InChI=1S/C17H21F3N2OS/c1-5-24(3,4)10-16(2,23)15-7-11-6-12(9-21)13(17(18,19)20)8-14(11)22-15/h6-8,22-23H,5,10H2,1-4H3. The van der Waals surface area contributed by atoms with Crippen LogP contribution in [0.2, 0.25) is 0 Å². The first-order valence-corrected chi connectivity index (χ1v) is 10.2. The molecule has 0 aliphatic carbocycles. The molecule has 24 heavy (non-hydrogen) atoms. The van der Waals surface area contributed by atoms with Crippen molar-refractivity contribution in [3.63, 3.8) is 0 Å². The number of rotatable bonds is 4. The number of alkyl halides is 3. The molecule has 2 rings (SSSR count). The highest BCUT2D eigenvalue weighted by molar-refractivity contribution is 8.32. The summed E-state index contributed by atoms with van der Waals surface area (Å²) in [5.41, 5.74) is -1.82. The van der Waals surface area contributed by atoms with Gasteiger partial charge in [0.2, 0.25) is 0 Å². The third-order valence-corrected chi connectivity index (χ3v) is 7.12. The minimum absolute atomic E-state index is 0.265. The molecule has 0 radical (unpaired) electrons. The first-order chi connectivity index (χ1) is 10.9. The van der Waals surface area contributed by atoms with E-state index in [1.165, 1.54) is 6.07 Å². The summed E-state index contributed by atoms with van der Waals surface area (Å²) in [5.74, 6) is 1.49. The molecule has 0 fully saturated rings. The van der Waals surface area contributed by atoms with Gasteiger partial charge >= 0.3 is 6.18 Å². The largest absolute Gasteiger partial charge is 0.417 e. The van der Waals surface area contributed by atoms with Gasteiger partial charge in [-0.1, -0.05) is 6.92 Å². The smallest absolute Gasteiger partial charge is 0.383 e. The number of fused-ring (bicyclic) bond motifs is 1. The second-order valence-corrected chi connectivity index (χ2v) is 11.2. The van der Waals surface area contributed by atoms with Crippen LogP contribution in [-0.4, -0.2) is 34.1 Å². The number of nitrogens with zero attached hydrogens (tertiary/aromatic N) is 1. The summed E-state index contributed by atoms with van der Waals surface area (Å²) in [6.45, 7) is 3.73. The summed E-state index contributed by atoms with van der Waals surface area (Å²) in [7, 11) is -1.01. The predicted molar refractivity (Wildman–Crippen MR) is 92.4 cm³/mol. The summed E-state index contributed by atoms with van der Waals surface area (Å²) < 4.78 is 39.2. The molecule has 0 aliphatic rings. The Morgan fingerprint density at radius 2 is 1.88 bits per heavy atom. The number of H-pyrrole nitrogens is 1. The monoisotopic (exact) mass is 358 g/mol. The molecule has 0 aliphatic heterocycles. The molecular weight excluding hydrogens is 337 g/mol. The number of halogens is 3. The van der Waals surface area contributed by atoms with Crippen LogP contribution in [0, 0.1) is 11.3 Å². The van der Waals surface area contributed by atoms with E-state index in [9.17, 15) is 18.3 Å². The number of nitriles is 1. The highest BCUT2D eigenvalue weighted by Gasteiger charge is 2.35. The fraction of sp³-hybridized carbons (Fsp3) is 0.471. The van der Waals surface area contributed by atoms with E-state index in [1.54, 1.807) is 19.1 Å². The minimum Gasteiger partial charge on any atom is -0.383 e. The zero-order valence-electron chi connectivity index (χ0n) is 14.1. The molecule has 2 aromatic rings. The van der Waals surface area contributed by atoms with Crippen molar-refractivity contribution in [3.8, 4) is 6.07 Å². The quantitative estimate of drug-likeness (QED) is 0.854. The number of nitrogens with one attached hydrogen (secondary N) is 1. The van der Waals surface area contributed by atoms with Gasteiger partial charge in [-0.2, -0.15) is 18.4 Å². The van der Waals surface area contributed by atoms with Crippen molar-refractivity contribution in [2.24, 2.45) is 0 Å². The Kier molecular flexibility index (Phi) is 4.68. The van der Waals surface area contributed by atoms with Crippen molar-refractivity contribution < 1.29 is 18.3 Å². The van der Waals surface area contributed by atoms with Gasteiger partial charge in [-0.15, -0.1) is 0 Å². The first kappa shape index (κ1) is 18.7. The van der Waals surface area contributed by atoms with Crippen molar-refractivity contribution in [2.75, 3.05) is 24.0 Å². The highest BCUT2D eigenvalue weighted by Crippen LogP contribution is 2.45. The molecule has 0 saturated heterocycles.